The number of hydrogen-bond donors (Lipinski definition) is 2. The average Bonchev–Trinajstić information content (AvgIpc) is 2.36. The smallest absolute Gasteiger partial charge is 0.233 e. The molecule has 1 atom stereocenters. The Bertz CT molecular complexity index is 430. The van der Waals surface area contributed by atoms with E-state index in [0.29, 0.717) is 12.3 Å². The first kappa shape index (κ1) is 14.4. The molecule has 0 spiro atoms. The third-order valence-corrected chi connectivity index (χ3v) is 3.04. The van der Waals surface area contributed by atoms with Crippen molar-refractivity contribution >= 4 is 11.9 Å². The third-order valence-electron chi connectivity index (χ3n) is 3.04. The fourth-order valence-corrected chi connectivity index (χ4v) is 1.35. The van der Waals surface area contributed by atoms with Crippen LogP contribution in [0.4, 0.5) is 5.95 Å². The molecule has 1 amide bonds. The molecule has 1 unspecified atom stereocenters. The van der Waals surface area contributed by atoms with Crippen molar-refractivity contribution in [2.24, 2.45) is 11.1 Å². The zero-order valence-electron chi connectivity index (χ0n) is 11.3. The zero-order valence-corrected chi connectivity index (χ0v) is 11.3. The number of carbonyl (C=O) groups is 1. The second-order valence-corrected chi connectivity index (χ2v) is 4.45. The summed E-state index contributed by atoms with van der Waals surface area (Å²) in [6, 6.07) is 1.69. The molecule has 0 saturated carbocycles. The summed E-state index contributed by atoms with van der Waals surface area (Å²) in [6.45, 7) is 5.82. The maximum atomic E-state index is 12.1. The molecule has 0 bridgehead atoms. The lowest BCUT2D eigenvalue weighted by Crippen LogP contribution is -2.39. The lowest BCUT2D eigenvalue weighted by Gasteiger charge is -2.24. The van der Waals surface area contributed by atoms with E-state index < -0.39 is 5.41 Å². The van der Waals surface area contributed by atoms with Crippen LogP contribution in [0.2, 0.25) is 0 Å². The van der Waals surface area contributed by atoms with E-state index >= 15 is 0 Å². The van der Waals surface area contributed by atoms with E-state index in [2.05, 4.69) is 15.3 Å². The minimum atomic E-state index is -0.611. The van der Waals surface area contributed by atoms with Crippen molar-refractivity contribution in [2.75, 3.05) is 19.0 Å². The highest BCUT2D eigenvalue weighted by Gasteiger charge is 2.30. The average molecular weight is 252 g/mol. The number of rotatable bonds is 5. The summed E-state index contributed by atoms with van der Waals surface area (Å²) in [7, 11) is 1.52. The highest BCUT2D eigenvalue weighted by Crippen LogP contribution is 2.21. The molecule has 18 heavy (non-hydrogen) atoms. The lowest BCUT2D eigenvalue weighted by atomic mass is 9.87. The number of nitrogens with two attached hydrogens (primary N) is 1. The molecule has 0 aliphatic carbocycles. The third kappa shape index (κ3) is 3.16. The van der Waals surface area contributed by atoms with E-state index in [1.165, 1.54) is 7.11 Å². The van der Waals surface area contributed by atoms with E-state index in [0.717, 1.165) is 5.69 Å². The van der Waals surface area contributed by atoms with Crippen molar-refractivity contribution in [1.29, 1.82) is 0 Å². The molecule has 0 saturated heterocycles. The summed E-state index contributed by atoms with van der Waals surface area (Å²) in [5.74, 6) is 0.480. The Balaban J connectivity index is 2.91. The first-order chi connectivity index (χ1) is 8.45. The Morgan fingerprint density at radius 3 is 2.72 bits per heavy atom. The molecular formula is C12H20N4O2. The van der Waals surface area contributed by atoms with E-state index in [-0.39, 0.29) is 18.4 Å². The summed E-state index contributed by atoms with van der Waals surface area (Å²) < 4.78 is 5.03. The van der Waals surface area contributed by atoms with Gasteiger partial charge in [-0.1, -0.05) is 6.92 Å². The molecular weight excluding hydrogens is 232 g/mol. The van der Waals surface area contributed by atoms with Crippen LogP contribution in [0, 0.1) is 12.3 Å². The maximum Gasteiger partial charge on any atom is 0.233 e. The fourth-order valence-electron chi connectivity index (χ4n) is 1.35. The second kappa shape index (κ2) is 5.77. The molecule has 3 N–H and O–H groups in total. The monoisotopic (exact) mass is 252 g/mol. The quantitative estimate of drug-likeness (QED) is 0.819. The highest BCUT2D eigenvalue weighted by molar-refractivity contribution is 5.93. The number of methoxy groups -OCH3 is 1. The molecule has 0 radical (unpaired) electrons. The van der Waals surface area contributed by atoms with Gasteiger partial charge in [0, 0.05) is 18.3 Å². The second-order valence-electron chi connectivity index (χ2n) is 4.45. The topological polar surface area (TPSA) is 90.1 Å². The minimum Gasteiger partial charge on any atom is -0.481 e. The Morgan fingerprint density at radius 1 is 1.56 bits per heavy atom. The predicted molar refractivity (Wildman–Crippen MR) is 69.4 cm³/mol. The van der Waals surface area contributed by atoms with E-state index in [4.69, 9.17) is 10.5 Å². The van der Waals surface area contributed by atoms with Gasteiger partial charge in [0.1, 0.15) is 0 Å². The van der Waals surface area contributed by atoms with E-state index in [9.17, 15) is 4.79 Å². The molecule has 6 nitrogen and oxygen atoms in total. The van der Waals surface area contributed by atoms with Crippen LogP contribution in [0.3, 0.4) is 0 Å². The minimum absolute atomic E-state index is 0.180. The van der Waals surface area contributed by atoms with Gasteiger partial charge in [-0.2, -0.15) is 4.98 Å². The van der Waals surface area contributed by atoms with Crippen LogP contribution >= 0.6 is 0 Å². The van der Waals surface area contributed by atoms with Gasteiger partial charge in [-0.15, -0.1) is 0 Å². The summed E-state index contributed by atoms with van der Waals surface area (Å²) in [6.07, 6.45) is 0.651. The largest absolute Gasteiger partial charge is 0.481 e. The molecule has 100 valence electrons. The van der Waals surface area contributed by atoms with Crippen LogP contribution in [-0.2, 0) is 4.79 Å². The van der Waals surface area contributed by atoms with Crippen molar-refractivity contribution in [3.63, 3.8) is 0 Å². The molecule has 1 aromatic rings. The Kier molecular flexibility index (Phi) is 4.61. The van der Waals surface area contributed by atoms with Crippen molar-refractivity contribution in [3.8, 4) is 5.88 Å². The number of anilines is 1. The number of amides is 1. The number of nitrogens with one attached hydrogen (secondary N) is 1. The molecule has 0 aliphatic heterocycles. The number of carbonyl (C=O) groups excluding carboxylic acids is 1. The Hall–Kier alpha value is -1.69. The van der Waals surface area contributed by atoms with Crippen LogP contribution in [0.15, 0.2) is 6.07 Å². The van der Waals surface area contributed by atoms with Crippen molar-refractivity contribution in [2.45, 2.75) is 27.2 Å². The number of aromatic nitrogens is 2. The predicted octanol–water partition coefficient (Wildman–Crippen LogP) is 1.11. The fraction of sp³-hybridized carbons (Fsp3) is 0.583. The number of nitrogens with zero attached hydrogens (tertiary/aromatic N) is 2. The van der Waals surface area contributed by atoms with Gasteiger partial charge in [-0.25, -0.2) is 4.98 Å². The first-order valence-corrected chi connectivity index (χ1v) is 5.86. The van der Waals surface area contributed by atoms with Gasteiger partial charge in [0.15, 0.2) is 0 Å². The number of aryl methyl sites for hydroxylation is 1. The van der Waals surface area contributed by atoms with Crippen molar-refractivity contribution in [1.82, 2.24) is 9.97 Å². The van der Waals surface area contributed by atoms with Gasteiger partial charge >= 0.3 is 0 Å². The van der Waals surface area contributed by atoms with Crippen LogP contribution in [0.25, 0.3) is 0 Å². The molecule has 6 heteroatoms. The molecule has 0 aliphatic rings. The van der Waals surface area contributed by atoms with Gasteiger partial charge in [-0.3, -0.25) is 10.1 Å². The zero-order chi connectivity index (χ0) is 13.8. The van der Waals surface area contributed by atoms with E-state index in [1.54, 1.807) is 6.07 Å². The van der Waals surface area contributed by atoms with Gasteiger partial charge in [0.05, 0.1) is 12.5 Å². The normalized spacial score (nSPS) is 13.8. The lowest BCUT2D eigenvalue weighted by molar-refractivity contribution is -0.124. The Morgan fingerprint density at radius 2 is 2.22 bits per heavy atom. The summed E-state index contributed by atoms with van der Waals surface area (Å²) >= 11 is 0. The molecule has 1 rings (SSSR count). The van der Waals surface area contributed by atoms with Crippen LogP contribution in [-0.4, -0.2) is 29.5 Å². The SMILES string of the molecule is CCC(C)(CN)C(=O)Nc1nc(C)cc(OC)n1. The Labute approximate surface area is 107 Å². The molecule has 1 heterocycles. The van der Waals surface area contributed by atoms with Gasteiger partial charge in [-0.05, 0) is 20.3 Å². The summed E-state index contributed by atoms with van der Waals surface area (Å²) in [5.41, 5.74) is 5.75. The standard InChI is InChI=1S/C12H20N4O2/c1-5-12(3,7-13)10(17)16-11-14-8(2)6-9(15-11)18-4/h6H,5,7,13H2,1-4H3,(H,14,15,16,17). The maximum absolute atomic E-state index is 12.1. The summed E-state index contributed by atoms with van der Waals surface area (Å²) in [5, 5.41) is 2.68. The van der Waals surface area contributed by atoms with Crippen molar-refractivity contribution < 1.29 is 9.53 Å². The number of ether oxygens (including phenoxy) is 1. The van der Waals surface area contributed by atoms with Gasteiger partial charge in [0.2, 0.25) is 17.7 Å². The van der Waals surface area contributed by atoms with Gasteiger partial charge in [0.25, 0.3) is 0 Å². The van der Waals surface area contributed by atoms with Gasteiger partial charge < -0.3 is 10.5 Å². The highest BCUT2D eigenvalue weighted by atomic mass is 16.5. The molecule has 1 aromatic heterocycles. The van der Waals surface area contributed by atoms with E-state index in [1.807, 2.05) is 20.8 Å². The summed E-state index contributed by atoms with van der Waals surface area (Å²) in [4.78, 5) is 20.3. The van der Waals surface area contributed by atoms with Crippen LogP contribution < -0.4 is 15.8 Å². The molecule has 0 fully saturated rings. The van der Waals surface area contributed by atoms with Crippen LogP contribution in [0.1, 0.15) is 26.0 Å². The first-order valence-electron chi connectivity index (χ1n) is 5.86. The number of hydrogen-bond acceptors (Lipinski definition) is 5. The van der Waals surface area contributed by atoms with Crippen molar-refractivity contribution in [3.05, 3.63) is 11.8 Å². The molecule has 0 aromatic carbocycles. The van der Waals surface area contributed by atoms with Crippen LogP contribution in [0.5, 0.6) is 5.88 Å².